The molecule has 0 unspecified atom stereocenters. The van der Waals surface area contributed by atoms with E-state index in [1.54, 1.807) is 36.4 Å². The molecule has 2 aromatic carbocycles. The van der Waals surface area contributed by atoms with Crippen LogP contribution in [0.1, 0.15) is 20.8 Å². The zero-order valence-corrected chi connectivity index (χ0v) is 16.6. The molecule has 0 atom stereocenters. The van der Waals surface area contributed by atoms with Crippen LogP contribution in [0, 0.1) is 0 Å². The first kappa shape index (κ1) is 20.3. The molecule has 1 aromatic heterocycles. The number of carbonyl (C=O) groups is 2. The number of phenolic OH excluding ortho intramolecular Hbond substituents is 1. The monoisotopic (exact) mass is 425 g/mol. The summed E-state index contributed by atoms with van der Waals surface area (Å²) in [5.74, 6) is -1.06. The van der Waals surface area contributed by atoms with Gasteiger partial charge >= 0.3 is 0 Å². The second-order valence-electron chi connectivity index (χ2n) is 5.80. The number of aromatic hydroxyl groups is 1. The molecule has 8 heteroatoms. The van der Waals surface area contributed by atoms with Crippen molar-refractivity contribution in [3.8, 4) is 5.75 Å². The van der Waals surface area contributed by atoms with E-state index >= 15 is 0 Å². The smallest absolute Gasteiger partial charge is 0.287 e. The minimum atomic E-state index is -0.611. The van der Waals surface area contributed by atoms with Crippen molar-refractivity contribution in [1.29, 1.82) is 0 Å². The van der Waals surface area contributed by atoms with E-state index < -0.39 is 11.8 Å². The Morgan fingerprint density at radius 3 is 2.59 bits per heavy atom. The van der Waals surface area contributed by atoms with Crippen molar-refractivity contribution in [2.75, 3.05) is 0 Å². The molecule has 2 amide bonds. The van der Waals surface area contributed by atoms with Gasteiger partial charge in [0.25, 0.3) is 11.8 Å². The number of thiophene rings is 1. The molecule has 0 aliphatic rings. The number of phenols is 1. The van der Waals surface area contributed by atoms with E-state index in [1.165, 1.54) is 35.8 Å². The van der Waals surface area contributed by atoms with Crippen LogP contribution >= 0.6 is 22.9 Å². The molecule has 6 nitrogen and oxygen atoms in total. The maximum atomic E-state index is 12.6. The fourth-order valence-electron chi connectivity index (χ4n) is 2.31. The summed E-state index contributed by atoms with van der Waals surface area (Å²) < 4.78 is 0. The number of carbonyl (C=O) groups excluding carboxylic acids is 2. The van der Waals surface area contributed by atoms with Crippen LogP contribution in [0.15, 0.2) is 76.8 Å². The Bertz CT molecular complexity index is 1060. The van der Waals surface area contributed by atoms with E-state index in [-0.39, 0.29) is 11.4 Å². The van der Waals surface area contributed by atoms with Crippen molar-refractivity contribution in [1.82, 2.24) is 10.7 Å². The zero-order chi connectivity index (χ0) is 20.6. The summed E-state index contributed by atoms with van der Waals surface area (Å²) in [4.78, 5) is 25.8. The molecule has 0 aliphatic carbocycles. The summed E-state index contributed by atoms with van der Waals surface area (Å²) in [6.07, 6.45) is 2.83. The first-order valence-electron chi connectivity index (χ1n) is 8.46. The van der Waals surface area contributed by atoms with Gasteiger partial charge in [-0.1, -0.05) is 35.9 Å². The van der Waals surface area contributed by atoms with Gasteiger partial charge in [0.2, 0.25) is 0 Å². The first-order valence-corrected chi connectivity index (χ1v) is 9.72. The van der Waals surface area contributed by atoms with Crippen molar-refractivity contribution in [3.05, 3.63) is 92.8 Å². The summed E-state index contributed by atoms with van der Waals surface area (Å²) >= 11 is 7.31. The number of halogens is 1. The van der Waals surface area contributed by atoms with Gasteiger partial charge in [-0.3, -0.25) is 9.59 Å². The van der Waals surface area contributed by atoms with Gasteiger partial charge in [-0.25, -0.2) is 5.43 Å². The first-order chi connectivity index (χ1) is 14.0. The number of benzene rings is 2. The Hall–Kier alpha value is -3.42. The molecule has 0 fully saturated rings. The molecule has 0 saturated carbocycles. The van der Waals surface area contributed by atoms with Crippen molar-refractivity contribution in [3.63, 3.8) is 0 Å². The lowest BCUT2D eigenvalue weighted by molar-refractivity contribution is -0.117. The summed E-state index contributed by atoms with van der Waals surface area (Å²) in [5.41, 5.74) is 3.14. The van der Waals surface area contributed by atoms with Gasteiger partial charge in [-0.2, -0.15) is 5.10 Å². The highest BCUT2D eigenvalue weighted by atomic mass is 35.5. The SMILES string of the molecule is O=C(N/N=C/c1cc(Cl)ccc1O)/C(=C\c1cccs1)NC(=O)c1ccccc1. The van der Waals surface area contributed by atoms with E-state index in [4.69, 9.17) is 11.6 Å². The van der Waals surface area contributed by atoms with Gasteiger partial charge in [-0.05, 0) is 47.9 Å². The Kier molecular flexibility index (Phi) is 6.78. The number of nitrogens with zero attached hydrogens (tertiary/aromatic N) is 1. The third-order valence-electron chi connectivity index (χ3n) is 3.72. The number of rotatable bonds is 6. The molecule has 0 bridgehead atoms. The summed E-state index contributed by atoms with van der Waals surface area (Å²) in [7, 11) is 0. The Labute approximate surface area is 176 Å². The quantitative estimate of drug-likeness (QED) is 0.316. The van der Waals surface area contributed by atoms with Gasteiger partial charge in [0.15, 0.2) is 0 Å². The molecular weight excluding hydrogens is 410 g/mol. The molecule has 146 valence electrons. The van der Waals surface area contributed by atoms with Crippen LogP contribution in [0.5, 0.6) is 5.75 Å². The summed E-state index contributed by atoms with van der Waals surface area (Å²) in [6.45, 7) is 0. The number of amides is 2. The third kappa shape index (κ3) is 5.78. The second-order valence-corrected chi connectivity index (χ2v) is 7.21. The maximum Gasteiger partial charge on any atom is 0.287 e. The van der Waals surface area contributed by atoms with E-state index in [0.717, 1.165) is 4.88 Å². The van der Waals surface area contributed by atoms with Crippen LogP contribution in [0.4, 0.5) is 0 Å². The number of nitrogens with one attached hydrogen (secondary N) is 2. The fourth-order valence-corrected chi connectivity index (χ4v) is 3.15. The van der Waals surface area contributed by atoms with Gasteiger partial charge in [-0.15, -0.1) is 11.3 Å². The van der Waals surface area contributed by atoms with Crippen molar-refractivity contribution < 1.29 is 14.7 Å². The lowest BCUT2D eigenvalue weighted by Crippen LogP contribution is -2.32. The molecule has 3 rings (SSSR count). The van der Waals surface area contributed by atoms with Crippen molar-refractivity contribution in [2.24, 2.45) is 5.10 Å². The van der Waals surface area contributed by atoms with Gasteiger partial charge in [0.1, 0.15) is 11.4 Å². The van der Waals surface area contributed by atoms with Crippen LogP contribution in [0.2, 0.25) is 5.02 Å². The van der Waals surface area contributed by atoms with E-state index in [1.807, 2.05) is 17.5 Å². The highest BCUT2D eigenvalue weighted by Crippen LogP contribution is 2.19. The number of hydrogen-bond donors (Lipinski definition) is 3. The minimum Gasteiger partial charge on any atom is -0.507 e. The van der Waals surface area contributed by atoms with Gasteiger partial charge < -0.3 is 10.4 Å². The molecule has 0 spiro atoms. The maximum absolute atomic E-state index is 12.6. The molecule has 0 aliphatic heterocycles. The predicted molar refractivity (Wildman–Crippen MR) is 115 cm³/mol. The highest BCUT2D eigenvalue weighted by Gasteiger charge is 2.14. The largest absolute Gasteiger partial charge is 0.507 e. The third-order valence-corrected chi connectivity index (χ3v) is 4.77. The molecular formula is C21H16ClN3O3S. The predicted octanol–water partition coefficient (Wildman–Crippen LogP) is 4.03. The van der Waals surface area contributed by atoms with Crippen molar-refractivity contribution in [2.45, 2.75) is 0 Å². The second kappa shape index (κ2) is 9.68. The fraction of sp³-hybridized carbons (Fsp3) is 0. The summed E-state index contributed by atoms with van der Waals surface area (Å²) in [5, 5.41) is 18.5. The molecule has 3 N–H and O–H groups in total. The van der Waals surface area contributed by atoms with Gasteiger partial charge in [0, 0.05) is 21.0 Å². The molecule has 0 radical (unpaired) electrons. The van der Waals surface area contributed by atoms with Crippen LogP contribution < -0.4 is 10.7 Å². The van der Waals surface area contributed by atoms with E-state index in [2.05, 4.69) is 15.8 Å². The average molecular weight is 426 g/mol. The van der Waals surface area contributed by atoms with E-state index in [9.17, 15) is 14.7 Å². The molecule has 29 heavy (non-hydrogen) atoms. The Balaban J connectivity index is 1.77. The molecule has 0 saturated heterocycles. The lowest BCUT2D eigenvalue weighted by Gasteiger charge is -2.08. The number of hydrazone groups is 1. The normalized spacial score (nSPS) is 11.4. The number of hydrogen-bond acceptors (Lipinski definition) is 5. The lowest BCUT2D eigenvalue weighted by atomic mass is 10.2. The Morgan fingerprint density at radius 2 is 1.86 bits per heavy atom. The van der Waals surface area contributed by atoms with Crippen LogP contribution in [0.25, 0.3) is 6.08 Å². The zero-order valence-electron chi connectivity index (χ0n) is 15.0. The standard InChI is InChI=1S/C21H16ClN3O3S/c22-16-8-9-19(26)15(11-16)13-23-25-21(28)18(12-17-7-4-10-29-17)24-20(27)14-5-2-1-3-6-14/h1-13,26H,(H,24,27)(H,25,28)/b18-12+,23-13+. The Morgan fingerprint density at radius 1 is 1.07 bits per heavy atom. The topological polar surface area (TPSA) is 90.8 Å². The molecule has 1 heterocycles. The molecule has 3 aromatic rings. The highest BCUT2D eigenvalue weighted by molar-refractivity contribution is 7.10. The minimum absolute atomic E-state index is 0.0286. The average Bonchev–Trinajstić information content (AvgIpc) is 3.23. The summed E-state index contributed by atoms with van der Waals surface area (Å²) in [6, 6.07) is 16.7. The van der Waals surface area contributed by atoms with Crippen molar-refractivity contribution >= 4 is 47.0 Å². The van der Waals surface area contributed by atoms with Crippen LogP contribution in [-0.4, -0.2) is 23.1 Å². The van der Waals surface area contributed by atoms with Gasteiger partial charge in [0.05, 0.1) is 6.21 Å². The van der Waals surface area contributed by atoms with Crippen LogP contribution in [-0.2, 0) is 4.79 Å². The van der Waals surface area contributed by atoms with E-state index in [0.29, 0.717) is 16.1 Å². The van der Waals surface area contributed by atoms with Crippen LogP contribution in [0.3, 0.4) is 0 Å².